The number of rotatable bonds is 2. The van der Waals surface area contributed by atoms with Crippen LogP contribution in [0.3, 0.4) is 0 Å². The fourth-order valence-corrected chi connectivity index (χ4v) is 1.06. The number of anilines is 1. The average Bonchev–Trinajstić information content (AvgIpc) is 2.02. The molecule has 13 heavy (non-hydrogen) atoms. The van der Waals surface area contributed by atoms with E-state index < -0.39 is 0 Å². The standard InChI is InChI=1S/C9H13N3O/c1-7-4-5-9(8(2)6-7)10-11-12(3)13/h4-6,10H,1-3H3/b12-11-. The van der Waals surface area contributed by atoms with E-state index in [1.165, 1.54) is 12.6 Å². The summed E-state index contributed by atoms with van der Waals surface area (Å²) >= 11 is 0. The summed E-state index contributed by atoms with van der Waals surface area (Å²) in [4.78, 5) is 0.485. The highest BCUT2D eigenvalue weighted by molar-refractivity contribution is 5.50. The first-order chi connectivity index (χ1) is 6.09. The van der Waals surface area contributed by atoms with E-state index in [0.717, 1.165) is 11.3 Å². The Hall–Kier alpha value is -1.58. The molecule has 0 aliphatic carbocycles. The van der Waals surface area contributed by atoms with Crippen molar-refractivity contribution in [3.05, 3.63) is 34.5 Å². The predicted octanol–water partition coefficient (Wildman–Crippen LogP) is 2.22. The molecule has 4 heteroatoms. The Kier molecular flexibility index (Phi) is 2.84. The van der Waals surface area contributed by atoms with E-state index in [-0.39, 0.29) is 0 Å². The monoisotopic (exact) mass is 179 g/mol. The highest BCUT2D eigenvalue weighted by Crippen LogP contribution is 2.15. The smallest absolute Gasteiger partial charge is 0.149 e. The SMILES string of the molecule is Cc1ccc(N/N=[N+](/C)[O-])c(C)c1. The lowest BCUT2D eigenvalue weighted by Gasteiger charge is -2.01. The van der Waals surface area contributed by atoms with Gasteiger partial charge in [0.15, 0.2) is 0 Å². The van der Waals surface area contributed by atoms with Crippen LogP contribution in [0.1, 0.15) is 11.1 Å². The van der Waals surface area contributed by atoms with Crippen LogP contribution in [0.15, 0.2) is 23.4 Å². The van der Waals surface area contributed by atoms with Gasteiger partial charge in [-0.05, 0) is 25.5 Å². The maximum atomic E-state index is 10.5. The van der Waals surface area contributed by atoms with Gasteiger partial charge in [0.2, 0.25) is 0 Å². The van der Waals surface area contributed by atoms with E-state index in [1.54, 1.807) is 0 Å². The van der Waals surface area contributed by atoms with E-state index in [0.29, 0.717) is 4.86 Å². The summed E-state index contributed by atoms with van der Waals surface area (Å²) in [5, 5.41) is 14.0. The van der Waals surface area contributed by atoms with Gasteiger partial charge in [0.1, 0.15) is 12.7 Å². The van der Waals surface area contributed by atoms with Crippen LogP contribution in [0.2, 0.25) is 0 Å². The molecule has 1 aromatic rings. The summed E-state index contributed by atoms with van der Waals surface area (Å²) in [6.45, 7) is 3.99. The zero-order chi connectivity index (χ0) is 9.84. The van der Waals surface area contributed by atoms with Crippen LogP contribution in [-0.4, -0.2) is 11.9 Å². The van der Waals surface area contributed by atoms with Crippen molar-refractivity contribution in [2.45, 2.75) is 13.8 Å². The van der Waals surface area contributed by atoms with E-state index in [1.807, 2.05) is 32.0 Å². The average molecular weight is 179 g/mol. The van der Waals surface area contributed by atoms with Crippen molar-refractivity contribution >= 4 is 5.69 Å². The van der Waals surface area contributed by atoms with Crippen LogP contribution in [0.25, 0.3) is 0 Å². The van der Waals surface area contributed by atoms with Crippen molar-refractivity contribution in [3.63, 3.8) is 0 Å². The molecule has 0 saturated carbocycles. The minimum atomic E-state index is 0.485. The Bertz CT molecular complexity index is 330. The molecule has 1 rings (SSSR count). The van der Waals surface area contributed by atoms with Gasteiger partial charge < -0.3 is 5.21 Å². The molecule has 0 atom stereocenters. The molecule has 4 nitrogen and oxygen atoms in total. The minimum absolute atomic E-state index is 0.485. The second-order valence-corrected chi connectivity index (χ2v) is 2.99. The van der Waals surface area contributed by atoms with Crippen molar-refractivity contribution in [1.29, 1.82) is 0 Å². The van der Waals surface area contributed by atoms with Crippen LogP contribution in [0, 0.1) is 19.1 Å². The molecule has 70 valence electrons. The van der Waals surface area contributed by atoms with E-state index in [9.17, 15) is 5.21 Å². The molecule has 0 aliphatic heterocycles. The molecule has 0 heterocycles. The molecular weight excluding hydrogens is 166 g/mol. The number of hydrogen-bond acceptors (Lipinski definition) is 2. The van der Waals surface area contributed by atoms with E-state index in [2.05, 4.69) is 10.6 Å². The number of hydrogen-bond donors (Lipinski definition) is 1. The van der Waals surface area contributed by atoms with Crippen LogP contribution in [0.5, 0.6) is 0 Å². The third kappa shape index (κ3) is 2.74. The highest BCUT2D eigenvalue weighted by atomic mass is 16.5. The number of aryl methyl sites for hydroxylation is 2. The van der Waals surface area contributed by atoms with Crippen LogP contribution in [0.4, 0.5) is 5.69 Å². The third-order valence-corrected chi connectivity index (χ3v) is 1.69. The molecule has 0 spiro atoms. The van der Waals surface area contributed by atoms with Gasteiger partial charge in [-0.25, -0.2) is 0 Å². The summed E-state index contributed by atoms with van der Waals surface area (Å²) in [5.74, 6) is 0. The lowest BCUT2D eigenvalue weighted by Crippen LogP contribution is -1.98. The fraction of sp³-hybridized carbons (Fsp3) is 0.333. The molecule has 0 aliphatic rings. The number of hydroxylamine groups is 1. The summed E-state index contributed by atoms with van der Waals surface area (Å²) in [6.07, 6.45) is 0. The number of nitrogens with one attached hydrogen (secondary N) is 1. The summed E-state index contributed by atoms with van der Waals surface area (Å²) in [7, 11) is 1.33. The van der Waals surface area contributed by atoms with Gasteiger partial charge in [0.05, 0.1) is 5.22 Å². The topological polar surface area (TPSA) is 50.5 Å². The zero-order valence-electron chi connectivity index (χ0n) is 8.03. The van der Waals surface area contributed by atoms with Gasteiger partial charge in [-0.2, -0.15) is 4.86 Å². The van der Waals surface area contributed by atoms with Gasteiger partial charge in [0.25, 0.3) is 0 Å². The molecule has 1 aromatic carbocycles. The van der Waals surface area contributed by atoms with Gasteiger partial charge >= 0.3 is 0 Å². The van der Waals surface area contributed by atoms with E-state index in [4.69, 9.17) is 0 Å². The summed E-state index contributed by atoms with van der Waals surface area (Å²) in [5.41, 5.74) is 5.80. The van der Waals surface area contributed by atoms with E-state index >= 15 is 0 Å². The molecule has 0 unspecified atom stereocenters. The molecule has 1 N–H and O–H groups in total. The van der Waals surface area contributed by atoms with Crippen molar-refractivity contribution in [1.82, 2.24) is 0 Å². The van der Waals surface area contributed by atoms with Gasteiger partial charge in [0, 0.05) is 0 Å². The molecule has 0 fully saturated rings. The zero-order valence-corrected chi connectivity index (χ0v) is 8.03. The van der Waals surface area contributed by atoms with Crippen molar-refractivity contribution < 1.29 is 4.86 Å². The number of benzene rings is 1. The fourth-order valence-electron chi connectivity index (χ4n) is 1.06. The van der Waals surface area contributed by atoms with Gasteiger partial charge in [-0.15, -0.1) is 5.43 Å². The Morgan fingerprint density at radius 3 is 2.62 bits per heavy atom. The van der Waals surface area contributed by atoms with Crippen molar-refractivity contribution in [3.8, 4) is 0 Å². The second-order valence-electron chi connectivity index (χ2n) is 2.99. The Morgan fingerprint density at radius 2 is 2.08 bits per heavy atom. The molecular formula is C9H13N3O. The first-order valence-corrected chi connectivity index (χ1v) is 4.04. The lowest BCUT2D eigenvalue weighted by atomic mass is 10.1. The van der Waals surface area contributed by atoms with Crippen LogP contribution < -0.4 is 5.43 Å². The predicted molar refractivity (Wildman–Crippen MR) is 51.5 cm³/mol. The Labute approximate surface area is 77.5 Å². The Balaban J connectivity index is 2.84. The highest BCUT2D eigenvalue weighted by Gasteiger charge is 2.00. The quantitative estimate of drug-likeness (QED) is 0.430. The summed E-state index contributed by atoms with van der Waals surface area (Å²) in [6, 6.07) is 5.90. The molecule has 0 aromatic heterocycles. The normalized spacial score (nSPS) is 11.5. The second kappa shape index (κ2) is 3.89. The third-order valence-electron chi connectivity index (χ3n) is 1.69. The van der Waals surface area contributed by atoms with Crippen molar-refractivity contribution in [2.75, 3.05) is 12.5 Å². The van der Waals surface area contributed by atoms with Gasteiger partial charge in [-0.1, -0.05) is 17.7 Å². The molecule has 0 bridgehead atoms. The minimum Gasteiger partial charge on any atom is -0.696 e. The van der Waals surface area contributed by atoms with Crippen molar-refractivity contribution in [2.24, 2.45) is 5.22 Å². The maximum absolute atomic E-state index is 10.5. The van der Waals surface area contributed by atoms with Crippen LogP contribution >= 0.6 is 0 Å². The largest absolute Gasteiger partial charge is 0.696 e. The lowest BCUT2D eigenvalue weighted by molar-refractivity contribution is -0.497. The molecule has 0 amide bonds. The Morgan fingerprint density at radius 1 is 1.38 bits per heavy atom. The van der Waals surface area contributed by atoms with Gasteiger partial charge in [-0.3, -0.25) is 0 Å². The number of nitrogens with zero attached hydrogens (tertiary/aromatic N) is 2. The maximum Gasteiger partial charge on any atom is 0.149 e. The molecule has 0 saturated heterocycles. The first kappa shape index (κ1) is 9.51. The molecule has 0 radical (unpaired) electrons. The summed E-state index contributed by atoms with van der Waals surface area (Å²) < 4.78 is 0. The van der Waals surface area contributed by atoms with Crippen LogP contribution in [-0.2, 0) is 0 Å². The first-order valence-electron chi connectivity index (χ1n) is 4.04.